The van der Waals surface area contributed by atoms with Gasteiger partial charge in [-0.3, -0.25) is 0 Å². The molecule has 19 heavy (non-hydrogen) atoms. The fourth-order valence-corrected chi connectivity index (χ4v) is 2.82. The van der Waals surface area contributed by atoms with E-state index in [-0.39, 0.29) is 24.2 Å². The topological polar surface area (TPSA) is 29.5 Å². The van der Waals surface area contributed by atoms with Crippen molar-refractivity contribution >= 4 is 0 Å². The maximum atomic E-state index is 10.2. The third kappa shape index (κ3) is 3.80. The van der Waals surface area contributed by atoms with Crippen molar-refractivity contribution in [2.24, 2.45) is 11.8 Å². The third-order valence-corrected chi connectivity index (χ3v) is 4.32. The van der Waals surface area contributed by atoms with Crippen molar-refractivity contribution in [3.05, 3.63) is 35.9 Å². The molecular formula is C17H26O2. The van der Waals surface area contributed by atoms with E-state index in [1.54, 1.807) is 0 Å². The van der Waals surface area contributed by atoms with Crippen LogP contribution in [0.15, 0.2) is 30.3 Å². The molecule has 0 aliphatic carbocycles. The number of hydrogen-bond donors (Lipinski definition) is 1. The Labute approximate surface area is 116 Å². The molecule has 106 valence electrons. The van der Waals surface area contributed by atoms with Crippen LogP contribution in [0, 0.1) is 11.8 Å². The van der Waals surface area contributed by atoms with Crippen LogP contribution >= 0.6 is 0 Å². The molecular weight excluding hydrogens is 236 g/mol. The monoisotopic (exact) mass is 262 g/mol. The quantitative estimate of drug-likeness (QED) is 0.901. The number of ether oxygens (including phenoxy) is 1. The standard InChI is InChI=1S/C17H26O2/c1-12(2)17-11-15(18)13(3)16(19-17)10-9-14-7-5-4-6-8-14/h4-8,12-13,15-18H,9-11H2,1-3H3. The molecule has 1 aromatic carbocycles. The molecule has 1 N–H and O–H groups in total. The molecule has 2 rings (SSSR count). The Morgan fingerprint density at radius 2 is 1.95 bits per heavy atom. The lowest BCUT2D eigenvalue weighted by Gasteiger charge is -2.40. The van der Waals surface area contributed by atoms with E-state index >= 15 is 0 Å². The number of rotatable bonds is 4. The predicted octanol–water partition coefficient (Wildman–Crippen LogP) is 3.43. The van der Waals surface area contributed by atoms with E-state index in [1.807, 2.05) is 6.07 Å². The highest BCUT2D eigenvalue weighted by atomic mass is 16.5. The summed E-state index contributed by atoms with van der Waals surface area (Å²) in [7, 11) is 0. The fourth-order valence-electron chi connectivity index (χ4n) is 2.82. The van der Waals surface area contributed by atoms with Crippen LogP contribution in [0.2, 0.25) is 0 Å². The van der Waals surface area contributed by atoms with Gasteiger partial charge in [-0.25, -0.2) is 0 Å². The van der Waals surface area contributed by atoms with Crippen LogP contribution in [0.1, 0.15) is 39.2 Å². The van der Waals surface area contributed by atoms with Gasteiger partial charge in [0, 0.05) is 12.3 Å². The summed E-state index contributed by atoms with van der Waals surface area (Å²) in [4.78, 5) is 0. The van der Waals surface area contributed by atoms with Crippen LogP contribution in [0.25, 0.3) is 0 Å². The van der Waals surface area contributed by atoms with Gasteiger partial charge in [-0.15, -0.1) is 0 Å². The first-order valence-corrected chi connectivity index (χ1v) is 7.45. The number of aliphatic hydroxyl groups is 1. The van der Waals surface area contributed by atoms with Crippen molar-refractivity contribution in [3.63, 3.8) is 0 Å². The largest absolute Gasteiger partial charge is 0.393 e. The molecule has 0 aromatic heterocycles. The molecule has 0 bridgehead atoms. The number of hydrogen-bond acceptors (Lipinski definition) is 2. The Morgan fingerprint density at radius 3 is 2.58 bits per heavy atom. The molecule has 4 atom stereocenters. The van der Waals surface area contributed by atoms with Gasteiger partial charge in [0.25, 0.3) is 0 Å². The Morgan fingerprint density at radius 1 is 1.26 bits per heavy atom. The van der Waals surface area contributed by atoms with Gasteiger partial charge in [0.1, 0.15) is 0 Å². The van der Waals surface area contributed by atoms with E-state index in [1.165, 1.54) is 5.56 Å². The summed E-state index contributed by atoms with van der Waals surface area (Å²) in [6.45, 7) is 6.44. The molecule has 1 heterocycles. The van der Waals surface area contributed by atoms with E-state index in [0.29, 0.717) is 5.92 Å². The van der Waals surface area contributed by atoms with Gasteiger partial charge < -0.3 is 9.84 Å². The predicted molar refractivity (Wildman–Crippen MR) is 78.0 cm³/mol. The Bertz CT molecular complexity index is 374. The van der Waals surface area contributed by atoms with E-state index in [9.17, 15) is 5.11 Å². The van der Waals surface area contributed by atoms with Crippen molar-refractivity contribution in [2.45, 2.75) is 58.3 Å². The number of benzene rings is 1. The fraction of sp³-hybridized carbons (Fsp3) is 0.647. The van der Waals surface area contributed by atoms with Crippen LogP contribution in [0.4, 0.5) is 0 Å². The molecule has 1 aromatic rings. The summed E-state index contributed by atoms with van der Waals surface area (Å²) in [5.74, 6) is 0.708. The maximum Gasteiger partial charge on any atom is 0.0632 e. The smallest absolute Gasteiger partial charge is 0.0632 e. The second kappa shape index (κ2) is 6.53. The van der Waals surface area contributed by atoms with Gasteiger partial charge >= 0.3 is 0 Å². The summed E-state index contributed by atoms with van der Waals surface area (Å²) in [6, 6.07) is 10.5. The Balaban J connectivity index is 1.93. The molecule has 0 amide bonds. The molecule has 0 radical (unpaired) electrons. The third-order valence-electron chi connectivity index (χ3n) is 4.32. The van der Waals surface area contributed by atoms with Gasteiger partial charge in [0.15, 0.2) is 0 Å². The second-order valence-corrected chi connectivity index (χ2v) is 6.14. The zero-order valence-corrected chi connectivity index (χ0v) is 12.3. The van der Waals surface area contributed by atoms with Crippen molar-refractivity contribution < 1.29 is 9.84 Å². The lowest BCUT2D eigenvalue weighted by molar-refractivity contribution is -0.146. The zero-order chi connectivity index (χ0) is 13.8. The average molecular weight is 262 g/mol. The van der Waals surface area contributed by atoms with Crippen LogP contribution in [-0.2, 0) is 11.2 Å². The van der Waals surface area contributed by atoms with Crippen molar-refractivity contribution in [2.75, 3.05) is 0 Å². The molecule has 0 saturated carbocycles. The van der Waals surface area contributed by atoms with Crippen molar-refractivity contribution in [1.29, 1.82) is 0 Å². The van der Waals surface area contributed by atoms with E-state index in [4.69, 9.17) is 4.74 Å². The summed E-state index contributed by atoms with van der Waals surface area (Å²) >= 11 is 0. The Hall–Kier alpha value is -0.860. The molecule has 0 spiro atoms. The highest BCUT2D eigenvalue weighted by Crippen LogP contribution is 2.31. The van der Waals surface area contributed by atoms with Gasteiger partial charge in [-0.2, -0.15) is 0 Å². The van der Waals surface area contributed by atoms with Crippen LogP contribution in [0.5, 0.6) is 0 Å². The molecule has 2 nitrogen and oxygen atoms in total. The number of aryl methyl sites for hydroxylation is 1. The lowest BCUT2D eigenvalue weighted by atomic mass is 9.85. The summed E-state index contributed by atoms with van der Waals surface area (Å²) in [5, 5.41) is 10.2. The number of aliphatic hydroxyl groups excluding tert-OH is 1. The van der Waals surface area contributed by atoms with Gasteiger partial charge in [0.05, 0.1) is 18.3 Å². The first-order chi connectivity index (χ1) is 9.08. The molecule has 4 unspecified atom stereocenters. The molecule has 2 heteroatoms. The molecule has 1 saturated heterocycles. The van der Waals surface area contributed by atoms with Crippen LogP contribution in [0.3, 0.4) is 0 Å². The van der Waals surface area contributed by atoms with E-state index in [2.05, 4.69) is 45.0 Å². The van der Waals surface area contributed by atoms with E-state index < -0.39 is 0 Å². The molecule has 1 fully saturated rings. The highest BCUT2D eigenvalue weighted by Gasteiger charge is 2.35. The lowest BCUT2D eigenvalue weighted by Crippen LogP contribution is -2.44. The summed E-state index contributed by atoms with van der Waals surface area (Å²) < 4.78 is 6.19. The van der Waals surface area contributed by atoms with Crippen molar-refractivity contribution in [1.82, 2.24) is 0 Å². The average Bonchev–Trinajstić information content (AvgIpc) is 2.41. The zero-order valence-electron chi connectivity index (χ0n) is 12.3. The van der Waals surface area contributed by atoms with Crippen molar-refractivity contribution in [3.8, 4) is 0 Å². The van der Waals surface area contributed by atoms with Crippen LogP contribution < -0.4 is 0 Å². The summed E-state index contributed by atoms with van der Waals surface area (Å²) in [5.41, 5.74) is 1.35. The van der Waals surface area contributed by atoms with Gasteiger partial charge in [0.2, 0.25) is 0 Å². The second-order valence-electron chi connectivity index (χ2n) is 6.14. The Kier molecular flexibility index (Phi) is 5.00. The minimum absolute atomic E-state index is 0.177. The maximum absolute atomic E-state index is 10.2. The molecule has 1 aliphatic rings. The highest BCUT2D eigenvalue weighted by molar-refractivity contribution is 5.14. The first kappa shape index (κ1) is 14.5. The normalized spacial score (nSPS) is 31.6. The minimum atomic E-state index is -0.220. The van der Waals surface area contributed by atoms with E-state index in [0.717, 1.165) is 19.3 Å². The SMILES string of the molecule is CC(C)C1CC(O)C(C)C(CCc2ccccc2)O1. The van der Waals surface area contributed by atoms with Gasteiger partial charge in [-0.05, 0) is 24.3 Å². The van der Waals surface area contributed by atoms with Crippen LogP contribution in [-0.4, -0.2) is 23.4 Å². The van der Waals surface area contributed by atoms with Gasteiger partial charge in [-0.1, -0.05) is 51.1 Å². The minimum Gasteiger partial charge on any atom is -0.393 e. The first-order valence-electron chi connectivity index (χ1n) is 7.45. The molecule has 1 aliphatic heterocycles. The summed E-state index contributed by atoms with van der Waals surface area (Å²) in [6.07, 6.45) is 2.95.